The molecule has 1 aromatic rings. The third kappa shape index (κ3) is 2.39. The normalized spacial score (nSPS) is 19.8. The predicted octanol–water partition coefficient (Wildman–Crippen LogP) is 1.23. The van der Waals surface area contributed by atoms with Crippen LogP contribution in [0.5, 0.6) is 0 Å². The molecule has 3 nitrogen and oxygen atoms in total. The van der Waals surface area contributed by atoms with Crippen LogP contribution >= 0.6 is 0 Å². The zero-order valence-corrected chi connectivity index (χ0v) is 9.22. The number of hydrogen-bond acceptors (Lipinski definition) is 2. The highest BCUT2D eigenvalue weighted by atomic mass is 19.1. The van der Waals surface area contributed by atoms with E-state index < -0.39 is 0 Å². The van der Waals surface area contributed by atoms with E-state index in [9.17, 15) is 9.18 Å². The Morgan fingerprint density at radius 2 is 2.38 bits per heavy atom. The number of aryl methyl sites for hydroxylation is 1. The summed E-state index contributed by atoms with van der Waals surface area (Å²) >= 11 is 0. The highest BCUT2D eigenvalue weighted by Gasteiger charge is 2.17. The summed E-state index contributed by atoms with van der Waals surface area (Å²) in [6, 6.07) is 4.61. The fraction of sp³-hybridized carbons (Fsp3) is 0.417. The number of carbonyl (C=O) groups excluding carboxylic acids is 1. The Balaban J connectivity index is 2.05. The standard InChI is InChI=1S/C12H15FN2O/c1-8-6-9(2-3-11(8)13)12(16)15-10-4-5-14-7-10/h2-3,6,10,14H,4-5,7H2,1H3,(H,15,16). The van der Waals surface area contributed by atoms with E-state index in [0.717, 1.165) is 19.5 Å². The molecule has 2 rings (SSSR count). The molecule has 0 radical (unpaired) electrons. The minimum atomic E-state index is -0.279. The summed E-state index contributed by atoms with van der Waals surface area (Å²) in [6.45, 7) is 3.41. The van der Waals surface area contributed by atoms with Crippen LogP contribution in [0, 0.1) is 12.7 Å². The lowest BCUT2D eigenvalue weighted by atomic mass is 10.1. The smallest absolute Gasteiger partial charge is 0.251 e. The molecule has 1 heterocycles. The Bertz CT molecular complexity index is 400. The van der Waals surface area contributed by atoms with E-state index in [1.54, 1.807) is 13.0 Å². The van der Waals surface area contributed by atoms with E-state index in [1.807, 2.05) is 0 Å². The van der Waals surface area contributed by atoms with Crippen molar-refractivity contribution in [2.24, 2.45) is 0 Å². The summed E-state index contributed by atoms with van der Waals surface area (Å²) in [5, 5.41) is 6.09. The van der Waals surface area contributed by atoms with E-state index in [1.165, 1.54) is 12.1 Å². The number of nitrogens with one attached hydrogen (secondary N) is 2. The molecule has 86 valence electrons. The van der Waals surface area contributed by atoms with Gasteiger partial charge in [0.25, 0.3) is 5.91 Å². The van der Waals surface area contributed by atoms with Crippen molar-refractivity contribution in [2.75, 3.05) is 13.1 Å². The molecular formula is C12H15FN2O. The van der Waals surface area contributed by atoms with E-state index in [4.69, 9.17) is 0 Å². The molecule has 1 saturated heterocycles. The quantitative estimate of drug-likeness (QED) is 0.790. The van der Waals surface area contributed by atoms with Crippen molar-refractivity contribution in [1.82, 2.24) is 10.6 Å². The molecule has 1 aliphatic rings. The van der Waals surface area contributed by atoms with Gasteiger partial charge in [0.2, 0.25) is 0 Å². The van der Waals surface area contributed by atoms with Gasteiger partial charge < -0.3 is 10.6 Å². The lowest BCUT2D eigenvalue weighted by Gasteiger charge is -2.11. The first-order valence-corrected chi connectivity index (χ1v) is 5.44. The van der Waals surface area contributed by atoms with Crippen LogP contribution in [-0.4, -0.2) is 25.0 Å². The van der Waals surface area contributed by atoms with Gasteiger partial charge in [0.05, 0.1) is 0 Å². The van der Waals surface area contributed by atoms with Crippen molar-refractivity contribution in [3.63, 3.8) is 0 Å². The zero-order valence-electron chi connectivity index (χ0n) is 9.22. The van der Waals surface area contributed by atoms with Crippen molar-refractivity contribution in [1.29, 1.82) is 0 Å². The average Bonchev–Trinajstić information content (AvgIpc) is 2.74. The maximum absolute atomic E-state index is 13.0. The number of benzene rings is 1. The molecule has 1 aromatic carbocycles. The molecule has 4 heteroatoms. The summed E-state index contributed by atoms with van der Waals surface area (Å²) in [5.41, 5.74) is 1.02. The highest BCUT2D eigenvalue weighted by molar-refractivity contribution is 5.94. The van der Waals surface area contributed by atoms with Gasteiger partial charge in [-0.15, -0.1) is 0 Å². The van der Waals surface area contributed by atoms with Crippen LogP contribution in [-0.2, 0) is 0 Å². The Labute approximate surface area is 94.0 Å². The van der Waals surface area contributed by atoms with Crippen molar-refractivity contribution in [3.8, 4) is 0 Å². The third-order valence-electron chi connectivity index (χ3n) is 2.82. The number of rotatable bonds is 2. The summed E-state index contributed by atoms with van der Waals surface area (Å²) in [4.78, 5) is 11.8. The van der Waals surface area contributed by atoms with E-state index >= 15 is 0 Å². The second-order valence-corrected chi connectivity index (χ2v) is 4.13. The van der Waals surface area contributed by atoms with Crippen LogP contribution in [0.15, 0.2) is 18.2 Å². The molecule has 0 spiro atoms. The van der Waals surface area contributed by atoms with Crippen LogP contribution in [0.1, 0.15) is 22.3 Å². The van der Waals surface area contributed by atoms with Gasteiger partial charge in [0, 0.05) is 18.2 Å². The van der Waals surface area contributed by atoms with E-state index in [-0.39, 0.29) is 17.8 Å². The van der Waals surface area contributed by atoms with Gasteiger partial charge in [-0.1, -0.05) is 0 Å². The summed E-state index contributed by atoms with van der Waals surface area (Å²) in [6.07, 6.45) is 0.950. The fourth-order valence-electron chi connectivity index (χ4n) is 1.83. The van der Waals surface area contributed by atoms with Gasteiger partial charge in [0.15, 0.2) is 0 Å². The van der Waals surface area contributed by atoms with Gasteiger partial charge in [-0.05, 0) is 43.7 Å². The summed E-state index contributed by atoms with van der Waals surface area (Å²) in [5.74, 6) is -0.407. The predicted molar refractivity (Wildman–Crippen MR) is 59.9 cm³/mol. The number of carbonyl (C=O) groups is 1. The molecule has 1 atom stereocenters. The second-order valence-electron chi connectivity index (χ2n) is 4.13. The number of hydrogen-bond donors (Lipinski definition) is 2. The molecule has 0 aromatic heterocycles. The fourth-order valence-corrected chi connectivity index (χ4v) is 1.83. The minimum absolute atomic E-state index is 0.128. The van der Waals surface area contributed by atoms with Gasteiger partial charge in [0.1, 0.15) is 5.82 Å². The van der Waals surface area contributed by atoms with E-state index in [0.29, 0.717) is 11.1 Å². The lowest BCUT2D eigenvalue weighted by molar-refractivity contribution is 0.0940. The van der Waals surface area contributed by atoms with Crippen LogP contribution < -0.4 is 10.6 Å². The Morgan fingerprint density at radius 3 is 3.00 bits per heavy atom. The van der Waals surface area contributed by atoms with Gasteiger partial charge in [-0.3, -0.25) is 4.79 Å². The van der Waals surface area contributed by atoms with Crippen LogP contribution in [0.3, 0.4) is 0 Å². The Morgan fingerprint density at radius 1 is 1.56 bits per heavy atom. The second kappa shape index (κ2) is 4.61. The van der Waals surface area contributed by atoms with Crippen LogP contribution in [0.25, 0.3) is 0 Å². The number of halogens is 1. The third-order valence-corrected chi connectivity index (χ3v) is 2.82. The first-order chi connectivity index (χ1) is 7.66. The number of amides is 1. The van der Waals surface area contributed by atoms with Crippen LogP contribution in [0.4, 0.5) is 4.39 Å². The Kier molecular flexibility index (Phi) is 3.19. The lowest BCUT2D eigenvalue weighted by Crippen LogP contribution is -2.36. The molecule has 1 fully saturated rings. The monoisotopic (exact) mass is 222 g/mol. The van der Waals surface area contributed by atoms with Gasteiger partial charge in [-0.2, -0.15) is 0 Å². The molecule has 1 aliphatic heterocycles. The van der Waals surface area contributed by atoms with Gasteiger partial charge in [-0.25, -0.2) is 4.39 Å². The first-order valence-electron chi connectivity index (χ1n) is 5.44. The molecular weight excluding hydrogens is 207 g/mol. The molecule has 1 unspecified atom stereocenters. The molecule has 2 N–H and O–H groups in total. The highest BCUT2D eigenvalue weighted by Crippen LogP contribution is 2.09. The summed E-state index contributed by atoms with van der Waals surface area (Å²) < 4.78 is 13.0. The molecule has 0 bridgehead atoms. The van der Waals surface area contributed by atoms with Crippen molar-refractivity contribution in [3.05, 3.63) is 35.1 Å². The van der Waals surface area contributed by atoms with Gasteiger partial charge >= 0.3 is 0 Å². The summed E-state index contributed by atoms with van der Waals surface area (Å²) in [7, 11) is 0. The molecule has 0 saturated carbocycles. The average molecular weight is 222 g/mol. The zero-order chi connectivity index (χ0) is 11.5. The Hall–Kier alpha value is -1.42. The topological polar surface area (TPSA) is 41.1 Å². The van der Waals surface area contributed by atoms with Crippen molar-refractivity contribution in [2.45, 2.75) is 19.4 Å². The van der Waals surface area contributed by atoms with E-state index in [2.05, 4.69) is 10.6 Å². The van der Waals surface area contributed by atoms with Crippen molar-refractivity contribution >= 4 is 5.91 Å². The minimum Gasteiger partial charge on any atom is -0.348 e. The largest absolute Gasteiger partial charge is 0.348 e. The SMILES string of the molecule is Cc1cc(C(=O)NC2CCNC2)ccc1F. The maximum atomic E-state index is 13.0. The molecule has 16 heavy (non-hydrogen) atoms. The molecule has 1 amide bonds. The molecule has 0 aliphatic carbocycles. The van der Waals surface area contributed by atoms with Crippen LogP contribution in [0.2, 0.25) is 0 Å². The van der Waals surface area contributed by atoms with Crippen molar-refractivity contribution < 1.29 is 9.18 Å². The first kappa shape index (κ1) is 11.1. The maximum Gasteiger partial charge on any atom is 0.251 e.